The Bertz CT molecular complexity index is 262. The van der Waals surface area contributed by atoms with E-state index in [1.165, 1.54) is 0 Å². The van der Waals surface area contributed by atoms with Crippen LogP contribution < -0.4 is 5.32 Å². The Morgan fingerprint density at radius 2 is 2.19 bits per heavy atom. The van der Waals surface area contributed by atoms with Gasteiger partial charge >= 0.3 is 5.97 Å². The summed E-state index contributed by atoms with van der Waals surface area (Å²) in [5, 5.41) is 11.8. The van der Waals surface area contributed by atoms with Crippen molar-refractivity contribution >= 4 is 23.6 Å². The third kappa shape index (κ3) is 3.40. The Morgan fingerprint density at radius 3 is 2.69 bits per heavy atom. The van der Waals surface area contributed by atoms with Crippen LogP contribution in [0.15, 0.2) is 0 Å². The molecule has 0 aliphatic carbocycles. The average Bonchev–Trinajstić information content (AvgIpc) is 2.68. The number of hydrogen-bond acceptors (Lipinski definition) is 3. The molecule has 1 saturated heterocycles. The molecule has 1 atom stereocenters. The molecule has 1 rings (SSSR count). The first-order chi connectivity index (χ1) is 7.60. The zero-order chi connectivity index (χ0) is 12.0. The minimum atomic E-state index is -1.01. The number of amides is 1. The van der Waals surface area contributed by atoms with Gasteiger partial charge < -0.3 is 10.4 Å². The molecule has 0 saturated carbocycles. The molecular formula is C11H19NO3S. The molecule has 1 unspecified atom stereocenters. The number of aliphatic carboxylic acids is 1. The van der Waals surface area contributed by atoms with E-state index in [-0.39, 0.29) is 5.91 Å². The number of carboxylic acids is 1. The van der Waals surface area contributed by atoms with Crippen LogP contribution in [0.3, 0.4) is 0 Å². The predicted molar refractivity (Wildman–Crippen MR) is 64.6 cm³/mol. The number of rotatable bonds is 6. The molecule has 0 aromatic carbocycles. The van der Waals surface area contributed by atoms with Crippen LogP contribution in [0, 0.1) is 0 Å². The van der Waals surface area contributed by atoms with Crippen molar-refractivity contribution in [1.29, 1.82) is 0 Å². The van der Waals surface area contributed by atoms with Gasteiger partial charge in [-0.25, -0.2) is 4.79 Å². The number of carboxylic acid groups (broad SMARTS) is 1. The van der Waals surface area contributed by atoms with Crippen LogP contribution in [0.1, 0.15) is 39.0 Å². The summed E-state index contributed by atoms with van der Waals surface area (Å²) in [5.74, 6) is 0.267. The highest BCUT2D eigenvalue weighted by Crippen LogP contribution is 2.28. The van der Waals surface area contributed by atoms with Crippen molar-refractivity contribution in [3.05, 3.63) is 0 Å². The summed E-state index contributed by atoms with van der Waals surface area (Å²) in [6, 6.07) is 0. The maximum atomic E-state index is 11.6. The molecule has 0 bridgehead atoms. The van der Waals surface area contributed by atoms with E-state index in [0.29, 0.717) is 18.6 Å². The van der Waals surface area contributed by atoms with Crippen LogP contribution in [-0.4, -0.2) is 34.0 Å². The standard InChI is InChI=1S/C11H19NO3S/c1-2-3-4-5-9(13)12-11(10(14)15)6-7-16-8-11/h2-8H2,1H3,(H,12,13)(H,14,15). The van der Waals surface area contributed by atoms with Gasteiger partial charge in [0.1, 0.15) is 5.54 Å². The molecule has 0 radical (unpaired) electrons. The molecule has 1 amide bonds. The number of carbonyl (C=O) groups is 2. The van der Waals surface area contributed by atoms with Gasteiger partial charge in [0.05, 0.1) is 0 Å². The molecule has 0 aromatic heterocycles. The monoisotopic (exact) mass is 245 g/mol. The van der Waals surface area contributed by atoms with Gasteiger partial charge in [-0.05, 0) is 18.6 Å². The summed E-state index contributed by atoms with van der Waals surface area (Å²) in [6.45, 7) is 2.07. The van der Waals surface area contributed by atoms with Gasteiger partial charge in [0.15, 0.2) is 0 Å². The van der Waals surface area contributed by atoms with E-state index in [1.54, 1.807) is 11.8 Å². The lowest BCUT2D eigenvalue weighted by Gasteiger charge is -2.24. The maximum Gasteiger partial charge on any atom is 0.330 e. The summed E-state index contributed by atoms with van der Waals surface area (Å²) in [7, 11) is 0. The van der Waals surface area contributed by atoms with Crippen LogP contribution in [0.4, 0.5) is 0 Å². The zero-order valence-electron chi connectivity index (χ0n) is 9.62. The lowest BCUT2D eigenvalue weighted by atomic mass is 9.99. The van der Waals surface area contributed by atoms with Gasteiger partial charge in [-0.3, -0.25) is 4.79 Å². The molecule has 2 N–H and O–H groups in total. The number of hydrogen-bond donors (Lipinski definition) is 2. The number of thioether (sulfide) groups is 1. The van der Waals surface area contributed by atoms with Crippen LogP contribution in [0.5, 0.6) is 0 Å². The fraction of sp³-hybridized carbons (Fsp3) is 0.818. The minimum absolute atomic E-state index is 0.127. The van der Waals surface area contributed by atoms with Gasteiger partial charge in [-0.15, -0.1) is 0 Å². The van der Waals surface area contributed by atoms with Gasteiger partial charge in [-0.2, -0.15) is 11.8 Å². The molecule has 16 heavy (non-hydrogen) atoms. The first-order valence-corrected chi connectivity index (χ1v) is 6.88. The minimum Gasteiger partial charge on any atom is -0.479 e. The Balaban J connectivity index is 2.43. The lowest BCUT2D eigenvalue weighted by Crippen LogP contribution is -2.54. The van der Waals surface area contributed by atoms with Crippen LogP contribution in [0.2, 0.25) is 0 Å². The van der Waals surface area contributed by atoms with E-state index < -0.39 is 11.5 Å². The highest BCUT2D eigenvalue weighted by atomic mass is 32.2. The van der Waals surface area contributed by atoms with E-state index in [4.69, 9.17) is 5.11 Å². The Hall–Kier alpha value is -0.710. The second kappa shape index (κ2) is 6.13. The molecule has 0 spiro atoms. The maximum absolute atomic E-state index is 11.6. The normalized spacial score (nSPS) is 24.3. The molecule has 1 aliphatic heterocycles. The van der Waals surface area contributed by atoms with Crippen LogP contribution in [0.25, 0.3) is 0 Å². The summed E-state index contributed by atoms with van der Waals surface area (Å²) in [4.78, 5) is 22.8. The Kier molecular flexibility index (Phi) is 5.12. The highest BCUT2D eigenvalue weighted by Gasteiger charge is 2.42. The molecule has 0 aromatic rings. The number of carbonyl (C=O) groups excluding carboxylic acids is 1. The van der Waals surface area contributed by atoms with Crippen molar-refractivity contribution in [2.75, 3.05) is 11.5 Å². The Labute approximate surface area is 100 Å². The molecule has 92 valence electrons. The molecule has 4 nitrogen and oxygen atoms in total. The quantitative estimate of drug-likeness (QED) is 0.698. The van der Waals surface area contributed by atoms with Crippen molar-refractivity contribution < 1.29 is 14.7 Å². The SMILES string of the molecule is CCCCCC(=O)NC1(C(=O)O)CCSC1. The smallest absolute Gasteiger partial charge is 0.330 e. The Morgan fingerprint density at radius 1 is 1.44 bits per heavy atom. The molecular weight excluding hydrogens is 226 g/mol. The summed E-state index contributed by atoms with van der Waals surface area (Å²) < 4.78 is 0. The third-order valence-electron chi connectivity index (χ3n) is 2.82. The lowest BCUT2D eigenvalue weighted by molar-refractivity contribution is -0.146. The van der Waals surface area contributed by atoms with E-state index in [0.717, 1.165) is 25.0 Å². The summed E-state index contributed by atoms with van der Waals surface area (Å²) >= 11 is 1.58. The second-order valence-electron chi connectivity index (χ2n) is 4.20. The number of unbranched alkanes of at least 4 members (excludes halogenated alkanes) is 2. The molecule has 1 aliphatic rings. The first kappa shape index (κ1) is 13.4. The van der Waals surface area contributed by atoms with Crippen LogP contribution in [-0.2, 0) is 9.59 Å². The second-order valence-corrected chi connectivity index (χ2v) is 5.30. The fourth-order valence-electron chi connectivity index (χ4n) is 1.75. The van der Waals surface area contributed by atoms with Gasteiger partial charge in [0.2, 0.25) is 5.91 Å². The van der Waals surface area contributed by atoms with E-state index in [1.807, 2.05) is 0 Å². The fourth-order valence-corrected chi connectivity index (χ4v) is 3.08. The predicted octanol–water partition coefficient (Wildman–Crippen LogP) is 1.64. The molecule has 5 heteroatoms. The third-order valence-corrected chi connectivity index (χ3v) is 4.01. The van der Waals surface area contributed by atoms with Crippen molar-refractivity contribution in [1.82, 2.24) is 5.32 Å². The van der Waals surface area contributed by atoms with Crippen molar-refractivity contribution in [3.63, 3.8) is 0 Å². The average molecular weight is 245 g/mol. The van der Waals surface area contributed by atoms with E-state index in [2.05, 4.69) is 12.2 Å². The zero-order valence-corrected chi connectivity index (χ0v) is 10.4. The topological polar surface area (TPSA) is 66.4 Å². The summed E-state index contributed by atoms with van der Waals surface area (Å²) in [5.41, 5.74) is -1.01. The van der Waals surface area contributed by atoms with Crippen LogP contribution >= 0.6 is 11.8 Å². The highest BCUT2D eigenvalue weighted by molar-refractivity contribution is 7.99. The van der Waals surface area contributed by atoms with Crippen molar-refractivity contribution in [2.24, 2.45) is 0 Å². The van der Waals surface area contributed by atoms with Crippen molar-refractivity contribution in [2.45, 2.75) is 44.6 Å². The summed E-state index contributed by atoms with van der Waals surface area (Å²) in [6.07, 6.45) is 3.89. The van der Waals surface area contributed by atoms with Gasteiger partial charge in [-0.1, -0.05) is 19.8 Å². The first-order valence-electron chi connectivity index (χ1n) is 5.73. The molecule has 1 fully saturated rings. The van der Waals surface area contributed by atoms with Gasteiger partial charge in [0, 0.05) is 12.2 Å². The van der Waals surface area contributed by atoms with E-state index >= 15 is 0 Å². The number of nitrogens with one attached hydrogen (secondary N) is 1. The largest absolute Gasteiger partial charge is 0.479 e. The molecule has 1 heterocycles. The van der Waals surface area contributed by atoms with Gasteiger partial charge in [0.25, 0.3) is 0 Å². The van der Waals surface area contributed by atoms with Crippen molar-refractivity contribution in [3.8, 4) is 0 Å². The van der Waals surface area contributed by atoms with E-state index in [9.17, 15) is 9.59 Å².